The fourth-order valence-electron chi connectivity index (χ4n) is 3.05. The van der Waals surface area contributed by atoms with Gasteiger partial charge in [0.25, 0.3) is 5.91 Å². The summed E-state index contributed by atoms with van der Waals surface area (Å²) in [4.78, 5) is 25.6. The van der Waals surface area contributed by atoms with Gasteiger partial charge in [-0.25, -0.2) is 9.97 Å². The van der Waals surface area contributed by atoms with Crippen LogP contribution in [0.1, 0.15) is 27.2 Å². The molecule has 0 fully saturated rings. The van der Waals surface area contributed by atoms with Crippen LogP contribution < -0.4 is 10.6 Å². The summed E-state index contributed by atoms with van der Waals surface area (Å²) in [6.45, 7) is 3.33. The van der Waals surface area contributed by atoms with Crippen LogP contribution in [0.4, 0.5) is 5.82 Å². The van der Waals surface area contributed by atoms with Crippen LogP contribution in [0.3, 0.4) is 0 Å². The summed E-state index contributed by atoms with van der Waals surface area (Å²) in [7, 11) is 0. The number of aromatic nitrogens is 3. The number of rotatable bonds is 4. The van der Waals surface area contributed by atoms with Gasteiger partial charge < -0.3 is 10.6 Å². The van der Waals surface area contributed by atoms with Gasteiger partial charge in [0.1, 0.15) is 11.5 Å². The summed E-state index contributed by atoms with van der Waals surface area (Å²) in [6.07, 6.45) is 4.12. The molecule has 3 aromatic rings. The molecule has 4 rings (SSSR count). The van der Waals surface area contributed by atoms with E-state index in [0.29, 0.717) is 36.8 Å². The molecular weight excluding hydrogens is 326 g/mol. The Hall–Kier alpha value is -3.28. The number of aryl methyl sites for hydroxylation is 1. The molecule has 2 N–H and O–H groups in total. The first-order valence-electron chi connectivity index (χ1n) is 8.60. The molecule has 0 unspecified atom stereocenters. The van der Waals surface area contributed by atoms with E-state index in [1.54, 1.807) is 12.4 Å². The molecule has 26 heavy (non-hydrogen) atoms. The Kier molecular flexibility index (Phi) is 4.31. The van der Waals surface area contributed by atoms with Crippen LogP contribution in [0, 0.1) is 6.92 Å². The van der Waals surface area contributed by atoms with Crippen molar-refractivity contribution >= 4 is 11.7 Å². The first kappa shape index (κ1) is 16.2. The lowest BCUT2D eigenvalue weighted by Gasteiger charge is -2.20. The Morgan fingerprint density at radius 1 is 1.15 bits per heavy atom. The number of amides is 1. The van der Waals surface area contributed by atoms with Crippen molar-refractivity contribution in [2.75, 3.05) is 11.9 Å². The SMILES string of the molecule is Cc1ccccc1CNc1nc(-c2cccnc2)nc2c1CCNC2=O. The Morgan fingerprint density at radius 3 is 2.85 bits per heavy atom. The van der Waals surface area contributed by atoms with Crippen molar-refractivity contribution in [3.8, 4) is 11.4 Å². The maximum Gasteiger partial charge on any atom is 0.270 e. The van der Waals surface area contributed by atoms with Crippen molar-refractivity contribution in [2.24, 2.45) is 0 Å². The summed E-state index contributed by atoms with van der Waals surface area (Å²) in [6, 6.07) is 11.9. The number of carbonyl (C=O) groups is 1. The third-order valence-corrected chi connectivity index (χ3v) is 4.51. The van der Waals surface area contributed by atoms with Crippen LogP contribution in [0.15, 0.2) is 48.8 Å². The number of anilines is 1. The molecule has 0 spiro atoms. The second-order valence-corrected chi connectivity index (χ2v) is 6.25. The fourth-order valence-corrected chi connectivity index (χ4v) is 3.05. The minimum absolute atomic E-state index is 0.155. The van der Waals surface area contributed by atoms with E-state index in [9.17, 15) is 4.79 Å². The van der Waals surface area contributed by atoms with Crippen molar-refractivity contribution in [1.82, 2.24) is 20.3 Å². The zero-order valence-corrected chi connectivity index (χ0v) is 14.5. The van der Waals surface area contributed by atoms with Crippen LogP contribution in [0.5, 0.6) is 0 Å². The molecule has 130 valence electrons. The molecule has 6 heteroatoms. The molecule has 1 amide bonds. The topological polar surface area (TPSA) is 79.8 Å². The maximum absolute atomic E-state index is 12.3. The van der Waals surface area contributed by atoms with Gasteiger partial charge in [-0.15, -0.1) is 0 Å². The Balaban J connectivity index is 1.74. The van der Waals surface area contributed by atoms with Gasteiger partial charge >= 0.3 is 0 Å². The van der Waals surface area contributed by atoms with E-state index in [4.69, 9.17) is 4.98 Å². The van der Waals surface area contributed by atoms with E-state index in [0.717, 1.165) is 11.1 Å². The Labute approximate surface area is 151 Å². The molecule has 0 atom stereocenters. The normalized spacial score (nSPS) is 13.0. The third-order valence-electron chi connectivity index (χ3n) is 4.51. The number of nitrogens with one attached hydrogen (secondary N) is 2. The summed E-state index contributed by atoms with van der Waals surface area (Å²) < 4.78 is 0. The highest BCUT2D eigenvalue weighted by atomic mass is 16.1. The van der Waals surface area contributed by atoms with Crippen molar-refractivity contribution in [3.63, 3.8) is 0 Å². The molecule has 3 heterocycles. The van der Waals surface area contributed by atoms with Crippen molar-refractivity contribution in [3.05, 3.63) is 71.2 Å². The molecule has 0 aliphatic carbocycles. The van der Waals surface area contributed by atoms with Gasteiger partial charge in [-0.2, -0.15) is 0 Å². The largest absolute Gasteiger partial charge is 0.366 e. The van der Waals surface area contributed by atoms with Gasteiger partial charge in [0.15, 0.2) is 5.82 Å². The third kappa shape index (κ3) is 3.13. The van der Waals surface area contributed by atoms with E-state index in [1.807, 2.05) is 24.3 Å². The lowest BCUT2D eigenvalue weighted by Crippen LogP contribution is -2.34. The Bertz CT molecular complexity index is 956. The number of fused-ring (bicyclic) bond motifs is 1. The lowest BCUT2D eigenvalue weighted by atomic mass is 10.1. The van der Waals surface area contributed by atoms with E-state index >= 15 is 0 Å². The summed E-state index contributed by atoms with van der Waals surface area (Å²) in [5.74, 6) is 1.06. The number of carbonyl (C=O) groups excluding carboxylic acids is 1. The molecule has 2 aromatic heterocycles. The highest BCUT2D eigenvalue weighted by Crippen LogP contribution is 2.25. The minimum atomic E-state index is -0.155. The summed E-state index contributed by atoms with van der Waals surface area (Å²) in [5.41, 5.74) is 4.51. The second-order valence-electron chi connectivity index (χ2n) is 6.25. The highest BCUT2D eigenvalue weighted by molar-refractivity contribution is 5.96. The van der Waals surface area contributed by atoms with Crippen molar-refractivity contribution < 1.29 is 4.79 Å². The smallest absolute Gasteiger partial charge is 0.270 e. The van der Waals surface area contributed by atoms with Gasteiger partial charge in [0.2, 0.25) is 0 Å². The van der Waals surface area contributed by atoms with Gasteiger partial charge in [-0.05, 0) is 36.6 Å². The maximum atomic E-state index is 12.3. The van der Waals surface area contributed by atoms with Gasteiger partial charge in [-0.3, -0.25) is 9.78 Å². The number of hydrogen-bond donors (Lipinski definition) is 2. The molecule has 0 radical (unpaired) electrons. The fraction of sp³-hybridized carbons (Fsp3) is 0.200. The number of pyridine rings is 1. The molecule has 1 aliphatic heterocycles. The standard InChI is InChI=1S/C20H19N5O/c1-13-5-2-3-6-14(13)12-23-19-16-8-10-22-20(26)17(16)24-18(25-19)15-7-4-9-21-11-15/h2-7,9,11H,8,10,12H2,1H3,(H,22,26)(H,23,24,25). The molecule has 6 nitrogen and oxygen atoms in total. The molecule has 0 bridgehead atoms. The van der Waals surface area contributed by atoms with E-state index in [2.05, 4.69) is 39.7 Å². The van der Waals surface area contributed by atoms with Crippen LogP contribution in [-0.4, -0.2) is 27.4 Å². The molecular formula is C20H19N5O. The molecule has 1 aromatic carbocycles. The van der Waals surface area contributed by atoms with Gasteiger partial charge in [-0.1, -0.05) is 24.3 Å². The highest BCUT2D eigenvalue weighted by Gasteiger charge is 2.24. The summed E-state index contributed by atoms with van der Waals surface area (Å²) in [5, 5.41) is 6.26. The zero-order chi connectivity index (χ0) is 17.9. The Morgan fingerprint density at radius 2 is 2.04 bits per heavy atom. The first-order chi connectivity index (χ1) is 12.7. The minimum Gasteiger partial charge on any atom is -0.366 e. The van der Waals surface area contributed by atoms with E-state index in [1.165, 1.54) is 11.1 Å². The summed E-state index contributed by atoms with van der Waals surface area (Å²) >= 11 is 0. The van der Waals surface area contributed by atoms with Crippen molar-refractivity contribution in [2.45, 2.75) is 19.9 Å². The number of benzene rings is 1. The van der Waals surface area contributed by atoms with Crippen molar-refractivity contribution in [1.29, 1.82) is 0 Å². The molecule has 0 saturated carbocycles. The van der Waals surface area contributed by atoms with E-state index < -0.39 is 0 Å². The van der Waals surface area contributed by atoms with E-state index in [-0.39, 0.29) is 5.91 Å². The van der Waals surface area contributed by atoms with Gasteiger partial charge in [0.05, 0.1) is 0 Å². The van der Waals surface area contributed by atoms with Crippen LogP contribution >= 0.6 is 0 Å². The molecule has 0 saturated heterocycles. The van der Waals surface area contributed by atoms with Crippen LogP contribution in [0.2, 0.25) is 0 Å². The number of hydrogen-bond acceptors (Lipinski definition) is 5. The quantitative estimate of drug-likeness (QED) is 0.760. The molecule has 1 aliphatic rings. The average molecular weight is 345 g/mol. The predicted molar refractivity (Wildman–Crippen MR) is 99.8 cm³/mol. The average Bonchev–Trinajstić information content (AvgIpc) is 2.68. The lowest BCUT2D eigenvalue weighted by molar-refractivity contribution is 0.0940. The predicted octanol–water partition coefficient (Wildman–Crippen LogP) is 2.75. The number of nitrogens with zero attached hydrogens (tertiary/aromatic N) is 3. The monoisotopic (exact) mass is 345 g/mol. The van der Waals surface area contributed by atoms with Crippen LogP contribution in [-0.2, 0) is 13.0 Å². The van der Waals surface area contributed by atoms with Crippen LogP contribution in [0.25, 0.3) is 11.4 Å². The zero-order valence-electron chi connectivity index (χ0n) is 14.5. The second kappa shape index (κ2) is 6.92. The first-order valence-corrected chi connectivity index (χ1v) is 8.60. The van der Waals surface area contributed by atoms with Gasteiger partial charge in [0, 0.05) is 36.6 Å².